The number of amides is 1. The lowest BCUT2D eigenvalue weighted by molar-refractivity contribution is -0.274. The molecule has 0 saturated heterocycles. The molecule has 0 bridgehead atoms. The van der Waals surface area contributed by atoms with Crippen molar-refractivity contribution in [3.63, 3.8) is 0 Å². The number of carbonyl (C=O) groups is 1. The number of anilines is 1. The number of carbonyl (C=O) groups excluding carboxylic acids is 1. The van der Waals surface area contributed by atoms with Gasteiger partial charge in [0.2, 0.25) is 5.91 Å². The second-order valence-corrected chi connectivity index (χ2v) is 7.48. The molecule has 0 fully saturated rings. The van der Waals surface area contributed by atoms with E-state index in [0.29, 0.717) is 11.0 Å². The summed E-state index contributed by atoms with van der Waals surface area (Å²) in [6.45, 7) is 5.75. The van der Waals surface area contributed by atoms with Gasteiger partial charge in [-0.15, -0.1) is 23.4 Å². The number of alkyl halides is 3. The van der Waals surface area contributed by atoms with Gasteiger partial charge >= 0.3 is 6.36 Å². The molecule has 0 spiro atoms. The first kappa shape index (κ1) is 21.7. The first-order valence-electron chi connectivity index (χ1n) is 8.91. The lowest BCUT2D eigenvalue weighted by Gasteiger charge is -2.14. The Morgan fingerprint density at radius 3 is 2.60 bits per heavy atom. The van der Waals surface area contributed by atoms with Gasteiger partial charge in [0.25, 0.3) is 0 Å². The maximum Gasteiger partial charge on any atom is 0.573 e. The SMILES string of the molecule is Cc1ccc(C)c(-n2c(C)nnc2SCC(=O)Nc2ccccc2OC(F)(F)F)c1. The second-order valence-electron chi connectivity index (χ2n) is 6.54. The van der Waals surface area contributed by atoms with Crippen molar-refractivity contribution in [2.45, 2.75) is 32.3 Å². The largest absolute Gasteiger partial charge is 0.573 e. The lowest BCUT2D eigenvalue weighted by Crippen LogP contribution is -2.20. The zero-order valence-electron chi connectivity index (χ0n) is 16.4. The number of nitrogens with zero attached hydrogens (tertiary/aromatic N) is 3. The molecule has 3 rings (SSSR count). The molecular weight excluding hydrogens is 417 g/mol. The van der Waals surface area contributed by atoms with Crippen LogP contribution in [0.5, 0.6) is 5.75 Å². The zero-order chi connectivity index (χ0) is 21.9. The van der Waals surface area contributed by atoms with Gasteiger partial charge in [-0.3, -0.25) is 9.36 Å². The van der Waals surface area contributed by atoms with Gasteiger partial charge in [0.1, 0.15) is 5.82 Å². The highest BCUT2D eigenvalue weighted by Gasteiger charge is 2.32. The third kappa shape index (κ3) is 5.32. The number of benzene rings is 2. The van der Waals surface area contributed by atoms with Crippen LogP contribution in [0.3, 0.4) is 0 Å². The number of thioether (sulfide) groups is 1. The highest BCUT2D eigenvalue weighted by atomic mass is 32.2. The van der Waals surface area contributed by atoms with Crippen LogP contribution < -0.4 is 10.1 Å². The number of hydrogen-bond donors (Lipinski definition) is 1. The molecule has 0 unspecified atom stereocenters. The van der Waals surface area contributed by atoms with Crippen LogP contribution in [0.1, 0.15) is 17.0 Å². The Kier molecular flexibility index (Phi) is 6.35. The van der Waals surface area contributed by atoms with E-state index in [0.717, 1.165) is 34.6 Å². The van der Waals surface area contributed by atoms with Crippen molar-refractivity contribution >= 4 is 23.4 Å². The summed E-state index contributed by atoms with van der Waals surface area (Å²) < 4.78 is 43.4. The molecule has 1 aromatic heterocycles. The van der Waals surface area contributed by atoms with E-state index in [4.69, 9.17) is 0 Å². The zero-order valence-corrected chi connectivity index (χ0v) is 17.3. The van der Waals surface area contributed by atoms with Crippen molar-refractivity contribution < 1.29 is 22.7 Å². The maximum atomic E-state index is 12.5. The first-order valence-corrected chi connectivity index (χ1v) is 9.89. The molecule has 0 aliphatic carbocycles. The van der Waals surface area contributed by atoms with E-state index < -0.39 is 18.0 Å². The van der Waals surface area contributed by atoms with E-state index in [9.17, 15) is 18.0 Å². The van der Waals surface area contributed by atoms with Crippen LogP contribution in [0.15, 0.2) is 47.6 Å². The predicted molar refractivity (Wildman–Crippen MR) is 108 cm³/mol. The summed E-state index contributed by atoms with van der Waals surface area (Å²) in [5, 5.41) is 11.2. The number of nitrogens with one attached hydrogen (secondary N) is 1. The normalized spacial score (nSPS) is 11.4. The van der Waals surface area contributed by atoms with Gasteiger partial charge < -0.3 is 10.1 Å². The summed E-state index contributed by atoms with van der Waals surface area (Å²) in [7, 11) is 0. The molecular formula is C20H19F3N4O2S. The third-order valence-corrected chi connectivity index (χ3v) is 5.05. The third-order valence-electron chi connectivity index (χ3n) is 4.12. The number of hydrogen-bond acceptors (Lipinski definition) is 5. The van der Waals surface area contributed by atoms with E-state index in [1.807, 2.05) is 43.5 Å². The molecule has 0 aliphatic rings. The predicted octanol–water partition coefficient (Wildman–Crippen LogP) is 4.82. The van der Waals surface area contributed by atoms with Crippen molar-refractivity contribution in [3.05, 3.63) is 59.4 Å². The van der Waals surface area contributed by atoms with Crippen LogP contribution in [0.2, 0.25) is 0 Å². The molecule has 158 valence electrons. The molecule has 3 aromatic rings. The number of para-hydroxylation sites is 2. The topological polar surface area (TPSA) is 69.0 Å². The average molecular weight is 436 g/mol. The molecule has 0 atom stereocenters. The molecule has 0 saturated carbocycles. The van der Waals surface area contributed by atoms with E-state index in [1.165, 1.54) is 18.2 Å². The van der Waals surface area contributed by atoms with Gasteiger partial charge in [-0.05, 0) is 50.1 Å². The van der Waals surface area contributed by atoms with Crippen LogP contribution >= 0.6 is 11.8 Å². The Hall–Kier alpha value is -3.01. The second kappa shape index (κ2) is 8.78. The maximum absolute atomic E-state index is 12.5. The van der Waals surface area contributed by atoms with Crippen LogP contribution in [-0.2, 0) is 4.79 Å². The molecule has 30 heavy (non-hydrogen) atoms. The highest BCUT2D eigenvalue weighted by Crippen LogP contribution is 2.30. The summed E-state index contributed by atoms with van der Waals surface area (Å²) in [6.07, 6.45) is -4.85. The smallest absolute Gasteiger partial charge is 0.404 e. The van der Waals surface area contributed by atoms with Crippen molar-refractivity contribution in [1.82, 2.24) is 14.8 Å². The molecule has 0 aliphatic heterocycles. The molecule has 1 amide bonds. The van der Waals surface area contributed by atoms with Gasteiger partial charge in [0.15, 0.2) is 10.9 Å². The molecule has 2 aromatic carbocycles. The molecule has 6 nitrogen and oxygen atoms in total. The van der Waals surface area contributed by atoms with Gasteiger partial charge in [-0.25, -0.2) is 0 Å². The first-order chi connectivity index (χ1) is 14.1. The fourth-order valence-electron chi connectivity index (χ4n) is 2.77. The van der Waals surface area contributed by atoms with Crippen LogP contribution in [0.4, 0.5) is 18.9 Å². The van der Waals surface area contributed by atoms with E-state index >= 15 is 0 Å². The Morgan fingerprint density at radius 1 is 1.13 bits per heavy atom. The minimum absolute atomic E-state index is 0.0624. The minimum atomic E-state index is -4.85. The van der Waals surface area contributed by atoms with Crippen molar-refractivity contribution in [2.75, 3.05) is 11.1 Å². The van der Waals surface area contributed by atoms with E-state index in [2.05, 4.69) is 20.3 Å². The molecule has 10 heteroatoms. The lowest BCUT2D eigenvalue weighted by atomic mass is 10.1. The fraction of sp³-hybridized carbons (Fsp3) is 0.250. The van der Waals surface area contributed by atoms with E-state index in [-0.39, 0.29) is 11.4 Å². The van der Waals surface area contributed by atoms with Crippen LogP contribution in [0, 0.1) is 20.8 Å². The number of aromatic nitrogens is 3. The molecule has 1 N–H and O–H groups in total. The molecule has 0 radical (unpaired) electrons. The summed E-state index contributed by atoms with van der Waals surface area (Å²) in [4.78, 5) is 12.4. The van der Waals surface area contributed by atoms with Gasteiger partial charge in [-0.2, -0.15) is 0 Å². The van der Waals surface area contributed by atoms with Crippen molar-refractivity contribution in [2.24, 2.45) is 0 Å². The summed E-state index contributed by atoms with van der Waals surface area (Å²) in [6, 6.07) is 11.4. The quantitative estimate of drug-likeness (QED) is 0.561. The Balaban J connectivity index is 1.74. The fourth-order valence-corrected chi connectivity index (χ4v) is 3.56. The van der Waals surface area contributed by atoms with Gasteiger partial charge in [0.05, 0.1) is 17.1 Å². The number of aryl methyl sites for hydroxylation is 3. The highest BCUT2D eigenvalue weighted by molar-refractivity contribution is 7.99. The molecule has 1 heterocycles. The Bertz CT molecular complexity index is 1070. The van der Waals surface area contributed by atoms with Gasteiger partial charge in [-0.1, -0.05) is 36.0 Å². The van der Waals surface area contributed by atoms with Crippen molar-refractivity contribution in [1.29, 1.82) is 0 Å². The van der Waals surface area contributed by atoms with E-state index in [1.54, 1.807) is 0 Å². The summed E-state index contributed by atoms with van der Waals surface area (Å²) in [5.74, 6) is -0.372. The monoisotopic (exact) mass is 436 g/mol. The Labute approximate surface area is 175 Å². The summed E-state index contributed by atoms with van der Waals surface area (Å²) in [5.41, 5.74) is 2.93. The average Bonchev–Trinajstić information content (AvgIpc) is 3.03. The minimum Gasteiger partial charge on any atom is -0.404 e. The standard InChI is InChI=1S/C20H19F3N4O2S/c1-12-8-9-13(2)16(10-12)27-14(3)25-26-19(27)30-11-18(28)24-15-6-4-5-7-17(15)29-20(21,22)23/h4-10H,11H2,1-3H3,(H,24,28). The van der Waals surface area contributed by atoms with Crippen LogP contribution in [-0.4, -0.2) is 32.8 Å². The van der Waals surface area contributed by atoms with Gasteiger partial charge in [0, 0.05) is 0 Å². The van der Waals surface area contributed by atoms with Crippen LogP contribution in [0.25, 0.3) is 5.69 Å². The van der Waals surface area contributed by atoms with Crippen molar-refractivity contribution in [3.8, 4) is 11.4 Å². The Morgan fingerprint density at radius 2 is 1.87 bits per heavy atom. The summed E-state index contributed by atoms with van der Waals surface area (Å²) >= 11 is 1.14. The number of ether oxygens (including phenoxy) is 1. The number of halogens is 3. The number of rotatable bonds is 6.